The fourth-order valence-corrected chi connectivity index (χ4v) is 4.42. The largest absolute Gasteiger partial charge is 0.431 e. The van der Waals surface area contributed by atoms with Crippen LogP contribution in [0.5, 0.6) is 5.75 Å². The number of halogens is 2. The molecule has 2 fully saturated rings. The minimum Gasteiger partial charge on any atom is -0.431 e. The van der Waals surface area contributed by atoms with Gasteiger partial charge in [-0.1, -0.05) is 0 Å². The highest BCUT2D eigenvalue weighted by molar-refractivity contribution is 5.64. The number of pyridine rings is 1. The number of nitrogen functional groups attached to an aromatic ring is 1. The summed E-state index contributed by atoms with van der Waals surface area (Å²) in [6.07, 6.45) is 4.07. The predicted molar refractivity (Wildman–Crippen MR) is 96.6 cm³/mol. The molecule has 0 saturated heterocycles. The molecule has 27 heavy (non-hydrogen) atoms. The molecule has 2 heterocycles. The normalized spacial score (nSPS) is 26.6. The van der Waals surface area contributed by atoms with Gasteiger partial charge in [-0.2, -0.15) is 13.9 Å². The van der Waals surface area contributed by atoms with E-state index in [0.29, 0.717) is 35.1 Å². The van der Waals surface area contributed by atoms with Crippen LogP contribution < -0.4 is 10.5 Å². The molecule has 146 valence electrons. The number of ether oxygens (including phenoxy) is 2. The first-order valence-electron chi connectivity index (χ1n) is 9.22. The van der Waals surface area contributed by atoms with Gasteiger partial charge in [-0.3, -0.25) is 4.68 Å². The first-order valence-corrected chi connectivity index (χ1v) is 9.22. The Hall–Kier alpha value is -2.22. The molecule has 0 spiro atoms. The maximum atomic E-state index is 12.6. The van der Waals surface area contributed by atoms with Gasteiger partial charge in [0, 0.05) is 36.5 Å². The molecule has 2 aromatic rings. The molecule has 2 aliphatic rings. The lowest BCUT2D eigenvalue weighted by Crippen LogP contribution is -2.12. The van der Waals surface area contributed by atoms with Gasteiger partial charge in [-0.25, -0.2) is 4.98 Å². The average molecular weight is 378 g/mol. The second-order valence-corrected chi connectivity index (χ2v) is 7.66. The van der Waals surface area contributed by atoms with E-state index < -0.39 is 6.61 Å². The summed E-state index contributed by atoms with van der Waals surface area (Å²) in [4.78, 5) is 3.98. The summed E-state index contributed by atoms with van der Waals surface area (Å²) in [5, 5.41) is 4.72. The number of hydrogen-bond acceptors (Lipinski definition) is 5. The van der Waals surface area contributed by atoms with Gasteiger partial charge in [0.15, 0.2) is 11.6 Å². The minimum absolute atomic E-state index is 0.0649. The number of rotatable bonds is 6. The highest BCUT2D eigenvalue weighted by Gasteiger charge is 2.58. The number of nitrogens with zero attached hydrogens (tertiary/aromatic N) is 3. The zero-order chi connectivity index (χ0) is 19.3. The Labute approximate surface area is 156 Å². The van der Waals surface area contributed by atoms with Crippen molar-refractivity contribution in [3.05, 3.63) is 24.0 Å². The lowest BCUT2D eigenvalue weighted by molar-refractivity contribution is -0.0494. The lowest BCUT2D eigenvalue weighted by Gasteiger charge is -2.15. The van der Waals surface area contributed by atoms with Gasteiger partial charge in [0.05, 0.1) is 11.8 Å². The van der Waals surface area contributed by atoms with Crippen LogP contribution in [0.1, 0.15) is 44.3 Å². The number of hydrogen-bond donors (Lipinski definition) is 1. The third-order valence-electron chi connectivity index (χ3n) is 5.72. The van der Waals surface area contributed by atoms with Gasteiger partial charge in [0.25, 0.3) is 0 Å². The molecular formula is C19H24F2N4O2. The highest BCUT2D eigenvalue weighted by atomic mass is 19.3. The molecule has 4 atom stereocenters. The molecule has 0 radical (unpaired) electrons. The van der Waals surface area contributed by atoms with Gasteiger partial charge in [0.1, 0.15) is 0 Å². The number of methoxy groups -OCH3 is 1. The van der Waals surface area contributed by atoms with Crippen LogP contribution in [0.4, 0.5) is 14.6 Å². The van der Waals surface area contributed by atoms with Crippen molar-refractivity contribution in [1.82, 2.24) is 14.8 Å². The molecule has 0 amide bonds. The van der Waals surface area contributed by atoms with E-state index in [9.17, 15) is 8.78 Å². The van der Waals surface area contributed by atoms with Crippen molar-refractivity contribution < 1.29 is 18.3 Å². The van der Waals surface area contributed by atoms with Crippen molar-refractivity contribution in [1.29, 1.82) is 0 Å². The van der Waals surface area contributed by atoms with E-state index in [1.165, 1.54) is 11.8 Å². The number of nitrogens with two attached hydrogens (primary N) is 1. The lowest BCUT2D eigenvalue weighted by atomic mass is 10.1. The van der Waals surface area contributed by atoms with Crippen molar-refractivity contribution in [2.75, 3.05) is 12.8 Å². The Kier molecular flexibility index (Phi) is 4.53. The maximum Gasteiger partial charge on any atom is 0.387 e. The third kappa shape index (κ3) is 3.26. The van der Waals surface area contributed by atoms with Gasteiger partial charge < -0.3 is 15.2 Å². The minimum atomic E-state index is -2.95. The number of alkyl halides is 2. The molecule has 0 bridgehead atoms. The molecular weight excluding hydrogens is 354 g/mol. The summed E-state index contributed by atoms with van der Waals surface area (Å²) in [6, 6.07) is 3.72. The van der Waals surface area contributed by atoms with E-state index in [4.69, 9.17) is 15.6 Å². The SMILES string of the molecule is COC1C[C@@H]2C(c3cc(-c4cnc(N)c(OC(F)F)c4)nn3C(C)C)[C@@H]2C1. The second-order valence-electron chi connectivity index (χ2n) is 7.66. The van der Waals surface area contributed by atoms with Crippen LogP contribution in [-0.2, 0) is 4.74 Å². The Bertz CT molecular complexity index is 827. The topological polar surface area (TPSA) is 75.2 Å². The van der Waals surface area contributed by atoms with Crippen molar-refractivity contribution >= 4 is 5.82 Å². The Morgan fingerprint density at radius 1 is 1.22 bits per heavy atom. The summed E-state index contributed by atoms with van der Waals surface area (Å²) in [7, 11) is 1.77. The molecule has 6 nitrogen and oxygen atoms in total. The summed E-state index contributed by atoms with van der Waals surface area (Å²) < 4.78 is 37.1. The van der Waals surface area contributed by atoms with Gasteiger partial charge in [-0.05, 0) is 50.7 Å². The molecule has 8 heteroatoms. The Morgan fingerprint density at radius 3 is 2.52 bits per heavy atom. The fourth-order valence-electron chi connectivity index (χ4n) is 4.42. The van der Waals surface area contributed by atoms with Gasteiger partial charge in [-0.15, -0.1) is 0 Å². The monoisotopic (exact) mass is 378 g/mol. The highest BCUT2D eigenvalue weighted by Crippen LogP contribution is 2.63. The Morgan fingerprint density at radius 2 is 1.93 bits per heavy atom. The zero-order valence-corrected chi connectivity index (χ0v) is 15.6. The van der Waals surface area contributed by atoms with Crippen LogP contribution in [0.3, 0.4) is 0 Å². The third-order valence-corrected chi connectivity index (χ3v) is 5.72. The molecule has 0 aromatic carbocycles. The van der Waals surface area contributed by atoms with Crippen molar-refractivity contribution in [3.8, 4) is 17.0 Å². The summed E-state index contributed by atoms with van der Waals surface area (Å²) in [5.41, 5.74) is 8.14. The quantitative estimate of drug-likeness (QED) is 0.826. The van der Waals surface area contributed by atoms with E-state index in [1.807, 2.05) is 10.7 Å². The summed E-state index contributed by atoms with van der Waals surface area (Å²) in [5.74, 6) is 1.57. The maximum absolute atomic E-state index is 12.6. The molecule has 0 aliphatic heterocycles. The number of anilines is 1. The predicted octanol–water partition coefficient (Wildman–Crippen LogP) is 3.85. The fraction of sp³-hybridized carbons (Fsp3) is 0.579. The van der Waals surface area contributed by atoms with Crippen LogP contribution in [0.15, 0.2) is 18.3 Å². The molecule has 4 rings (SSSR count). The van der Waals surface area contributed by atoms with Crippen molar-refractivity contribution in [3.63, 3.8) is 0 Å². The van der Waals surface area contributed by atoms with Gasteiger partial charge in [0.2, 0.25) is 0 Å². The number of aromatic nitrogens is 3. The van der Waals surface area contributed by atoms with E-state index >= 15 is 0 Å². The zero-order valence-electron chi connectivity index (χ0n) is 15.6. The smallest absolute Gasteiger partial charge is 0.387 e. The second kappa shape index (κ2) is 6.74. The van der Waals surface area contributed by atoms with Crippen LogP contribution in [0.25, 0.3) is 11.3 Å². The van der Waals surface area contributed by atoms with Crippen LogP contribution in [0, 0.1) is 11.8 Å². The van der Waals surface area contributed by atoms with Crippen LogP contribution in [-0.4, -0.2) is 34.6 Å². The average Bonchev–Trinajstić information content (AvgIpc) is 3.01. The molecule has 2 saturated carbocycles. The number of fused-ring (bicyclic) bond motifs is 1. The van der Waals surface area contributed by atoms with Gasteiger partial charge >= 0.3 is 6.61 Å². The van der Waals surface area contributed by atoms with Crippen LogP contribution in [0.2, 0.25) is 0 Å². The standard InChI is InChI=1S/C19H24F2N4O2/c1-9(2)25-15(17-12-5-11(26-3)6-13(12)17)7-14(24-25)10-4-16(27-19(20)21)18(22)23-8-10/h4,7-9,11-13,17,19H,5-6H2,1-3H3,(H2,22,23)/t11?,12-,13+,17?. The van der Waals surface area contributed by atoms with Crippen molar-refractivity contribution in [2.24, 2.45) is 11.8 Å². The van der Waals surface area contributed by atoms with E-state index in [2.05, 4.69) is 23.6 Å². The summed E-state index contributed by atoms with van der Waals surface area (Å²) in [6.45, 7) is 1.22. The first-order chi connectivity index (χ1) is 12.9. The van der Waals surface area contributed by atoms with E-state index in [1.54, 1.807) is 13.3 Å². The van der Waals surface area contributed by atoms with E-state index in [0.717, 1.165) is 12.8 Å². The molecule has 2 N–H and O–H groups in total. The molecule has 2 unspecified atom stereocenters. The van der Waals surface area contributed by atoms with Crippen molar-refractivity contribution in [2.45, 2.75) is 51.4 Å². The van der Waals surface area contributed by atoms with Crippen LogP contribution >= 0.6 is 0 Å². The molecule has 2 aliphatic carbocycles. The Balaban J connectivity index is 1.64. The summed E-state index contributed by atoms with van der Waals surface area (Å²) >= 11 is 0. The van der Waals surface area contributed by atoms with E-state index in [-0.39, 0.29) is 17.6 Å². The molecule has 2 aromatic heterocycles. The first kappa shape index (κ1) is 18.2.